The maximum Gasteiger partial charge on any atom is 0.171 e. The molecule has 1 aromatic heterocycles. The van der Waals surface area contributed by atoms with Gasteiger partial charge < -0.3 is 4.74 Å². The summed E-state index contributed by atoms with van der Waals surface area (Å²) in [4.78, 5) is 3.82. The van der Waals surface area contributed by atoms with E-state index >= 15 is 0 Å². The molecule has 0 fully saturated rings. The van der Waals surface area contributed by atoms with E-state index in [4.69, 9.17) is 21.6 Å². The average Bonchev–Trinajstić information content (AvgIpc) is 2.05. The zero-order valence-electron chi connectivity index (χ0n) is 6.54. The van der Waals surface area contributed by atoms with Crippen molar-refractivity contribution in [1.29, 1.82) is 5.26 Å². The third-order valence-electron chi connectivity index (χ3n) is 1.42. The second-order valence-corrected chi connectivity index (χ2v) is 2.49. The van der Waals surface area contributed by atoms with Crippen LogP contribution in [0.4, 0.5) is 0 Å². The second-order valence-electron chi connectivity index (χ2n) is 2.13. The Balaban J connectivity index is 3.11. The van der Waals surface area contributed by atoms with Gasteiger partial charge in [0.15, 0.2) is 10.9 Å². The quantitative estimate of drug-likeness (QED) is 0.656. The van der Waals surface area contributed by atoms with E-state index in [2.05, 4.69) is 4.98 Å². The van der Waals surface area contributed by atoms with Gasteiger partial charge in [0.2, 0.25) is 0 Å². The van der Waals surface area contributed by atoms with E-state index in [9.17, 15) is 0 Å². The van der Waals surface area contributed by atoms with Crippen LogP contribution >= 0.6 is 11.6 Å². The number of nitriles is 1. The lowest BCUT2D eigenvalue weighted by Gasteiger charge is -2.05. The Morgan fingerprint density at radius 2 is 2.50 bits per heavy atom. The summed E-state index contributed by atoms with van der Waals surface area (Å²) in [6.07, 6.45) is 1.84. The summed E-state index contributed by atoms with van der Waals surface area (Å²) in [6.45, 7) is 0. The van der Waals surface area contributed by atoms with Gasteiger partial charge in [-0.1, -0.05) is 11.6 Å². The molecule has 1 heterocycles. The van der Waals surface area contributed by atoms with Crippen LogP contribution in [0, 0.1) is 11.3 Å². The van der Waals surface area contributed by atoms with Crippen LogP contribution in [0.15, 0.2) is 12.3 Å². The standard InChI is InChI=1S/C8H7ClN2O/c1-12-7-6(2-4-10)3-5-11-8(7)9/h3,5H,2H2,1H3. The van der Waals surface area contributed by atoms with Crippen LogP contribution < -0.4 is 4.74 Å². The number of methoxy groups -OCH3 is 1. The summed E-state index contributed by atoms with van der Waals surface area (Å²) in [5.41, 5.74) is 0.764. The molecule has 0 saturated carbocycles. The molecule has 0 aliphatic carbocycles. The number of hydrogen-bond donors (Lipinski definition) is 0. The molecular formula is C8H7ClN2O. The van der Waals surface area contributed by atoms with Gasteiger partial charge in [-0.3, -0.25) is 0 Å². The zero-order chi connectivity index (χ0) is 8.97. The molecule has 4 heteroatoms. The Morgan fingerprint density at radius 3 is 3.08 bits per heavy atom. The highest BCUT2D eigenvalue weighted by molar-refractivity contribution is 6.30. The minimum Gasteiger partial charge on any atom is -0.493 e. The van der Waals surface area contributed by atoms with Crippen LogP contribution in [0.25, 0.3) is 0 Å². The first-order valence-electron chi connectivity index (χ1n) is 3.34. The summed E-state index contributed by atoms with van der Waals surface area (Å²) in [5.74, 6) is 0.487. The predicted molar refractivity (Wildman–Crippen MR) is 45.1 cm³/mol. The molecule has 0 aromatic carbocycles. The van der Waals surface area contributed by atoms with E-state index in [1.165, 1.54) is 7.11 Å². The first kappa shape index (κ1) is 8.82. The second kappa shape index (κ2) is 3.93. The zero-order valence-corrected chi connectivity index (χ0v) is 7.30. The van der Waals surface area contributed by atoms with Crippen LogP contribution in [0.3, 0.4) is 0 Å². The summed E-state index contributed by atoms with van der Waals surface area (Å²) in [6, 6.07) is 3.74. The van der Waals surface area contributed by atoms with Crippen molar-refractivity contribution in [2.45, 2.75) is 6.42 Å². The Bertz CT molecular complexity index is 319. The van der Waals surface area contributed by atoms with E-state index in [0.29, 0.717) is 10.9 Å². The van der Waals surface area contributed by atoms with Crippen molar-refractivity contribution < 1.29 is 4.74 Å². The van der Waals surface area contributed by atoms with E-state index in [0.717, 1.165) is 5.56 Å². The van der Waals surface area contributed by atoms with Crippen molar-refractivity contribution in [2.75, 3.05) is 7.11 Å². The molecular weight excluding hydrogens is 176 g/mol. The van der Waals surface area contributed by atoms with Crippen molar-refractivity contribution >= 4 is 11.6 Å². The summed E-state index contributed by atoms with van der Waals surface area (Å²) >= 11 is 5.72. The lowest BCUT2D eigenvalue weighted by Crippen LogP contribution is -1.93. The van der Waals surface area contributed by atoms with Crippen LogP contribution in [0.5, 0.6) is 5.75 Å². The Kier molecular flexibility index (Phi) is 2.89. The number of nitrogens with zero attached hydrogens (tertiary/aromatic N) is 2. The Labute approximate surface area is 75.6 Å². The van der Waals surface area contributed by atoms with Gasteiger partial charge in [0.05, 0.1) is 19.6 Å². The van der Waals surface area contributed by atoms with Crippen molar-refractivity contribution in [2.24, 2.45) is 0 Å². The van der Waals surface area contributed by atoms with E-state index in [1.54, 1.807) is 12.3 Å². The third kappa shape index (κ3) is 1.66. The van der Waals surface area contributed by atoms with Gasteiger partial charge in [-0.15, -0.1) is 0 Å². The summed E-state index contributed by atoms with van der Waals surface area (Å²) in [5, 5.41) is 8.76. The molecule has 0 aliphatic heterocycles. The molecule has 3 nitrogen and oxygen atoms in total. The maximum absolute atomic E-state index is 8.46. The number of ether oxygens (including phenoxy) is 1. The maximum atomic E-state index is 8.46. The van der Waals surface area contributed by atoms with Gasteiger partial charge in [0, 0.05) is 11.8 Å². The summed E-state index contributed by atoms with van der Waals surface area (Å²) < 4.78 is 4.98. The fourth-order valence-corrected chi connectivity index (χ4v) is 1.15. The predicted octanol–water partition coefficient (Wildman–Crippen LogP) is 1.81. The highest BCUT2D eigenvalue weighted by atomic mass is 35.5. The average molecular weight is 183 g/mol. The summed E-state index contributed by atoms with van der Waals surface area (Å²) in [7, 11) is 1.50. The Morgan fingerprint density at radius 1 is 1.75 bits per heavy atom. The SMILES string of the molecule is COc1c(CC#N)ccnc1Cl. The van der Waals surface area contributed by atoms with Crippen molar-refractivity contribution in [3.63, 3.8) is 0 Å². The smallest absolute Gasteiger partial charge is 0.171 e. The molecule has 0 unspecified atom stereocenters. The fraction of sp³-hybridized carbons (Fsp3) is 0.250. The minimum absolute atomic E-state index is 0.283. The molecule has 12 heavy (non-hydrogen) atoms. The Hall–Kier alpha value is -1.27. The lowest BCUT2D eigenvalue weighted by atomic mass is 10.2. The van der Waals surface area contributed by atoms with Gasteiger partial charge >= 0.3 is 0 Å². The molecule has 0 N–H and O–H groups in total. The molecule has 1 aromatic rings. The number of rotatable bonds is 2. The number of hydrogen-bond acceptors (Lipinski definition) is 3. The largest absolute Gasteiger partial charge is 0.493 e. The first-order valence-corrected chi connectivity index (χ1v) is 3.71. The van der Waals surface area contributed by atoms with E-state index in [-0.39, 0.29) is 6.42 Å². The normalized spacial score (nSPS) is 9.08. The minimum atomic E-state index is 0.283. The van der Waals surface area contributed by atoms with Crippen LogP contribution in [0.2, 0.25) is 5.15 Å². The lowest BCUT2D eigenvalue weighted by molar-refractivity contribution is 0.409. The van der Waals surface area contributed by atoms with E-state index in [1.807, 2.05) is 6.07 Å². The molecule has 1 rings (SSSR count). The van der Waals surface area contributed by atoms with Crippen molar-refractivity contribution in [3.8, 4) is 11.8 Å². The first-order chi connectivity index (χ1) is 5.79. The molecule has 0 spiro atoms. The number of aromatic nitrogens is 1. The molecule has 0 radical (unpaired) electrons. The van der Waals surface area contributed by atoms with E-state index < -0.39 is 0 Å². The van der Waals surface area contributed by atoms with Gasteiger partial charge in [0.25, 0.3) is 0 Å². The van der Waals surface area contributed by atoms with Crippen LogP contribution in [-0.4, -0.2) is 12.1 Å². The van der Waals surface area contributed by atoms with Crippen LogP contribution in [-0.2, 0) is 6.42 Å². The number of halogens is 1. The highest BCUT2D eigenvalue weighted by Crippen LogP contribution is 2.25. The highest BCUT2D eigenvalue weighted by Gasteiger charge is 2.06. The van der Waals surface area contributed by atoms with Crippen LogP contribution in [0.1, 0.15) is 5.56 Å². The molecule has 0 saturated heterocycles. The monoisotopic (exact) mass is 182 g/mol. The van der Waals surface area contributed by atoms with Gasteiger partial charge in [-0.25, -0.2) is 4.98 Å². The van der Waals surface area contributed by atoms with Gasteiger partial charge in [-0.2, -0.15) is 5.26 Å². The topological polar surface area (TPSA) is 45.9 Å². The third-order valence-corrected chi connectivity index (χ3v) is 1.69. The van der Waals surface area contributed by atoms with Crippen molar-refractivity contribution in [1.82, 2.24) is 4.98 Å². The number of pyridine rings is 1. The van der Waals surface area contributed by atoms with Crippen molar-refractivity contribution in [3.05, 3.63) is 23.0 Å². The fourth-order valence-electron chi connectivity index (χ4n) is 0.899. The molecule has 0 atom stereocenters. The molecule has 0 aliphatic rings. The van der Waals surface area contributed by atoms with Gasteiger partial charge in [0.1, 0.15) is 0 Å². The molecule has 0 bridgehead atoms. The molecule has 0 amide bonds. The van der Waals surface area contributed by atoms with Gasteiger partial charge in [-0.05, 0) is 6.07 Å². The molecule has 62 valence electrons.